The molecule has 0 bridgehead atoms. The van der Waals surface area contributed by atoms with Crippen molar-refractivity contribution >= 4 is 29.7 Å². The van der Waals surface area contributed by atoms with Gasteiger partial charge in [-0.2, -0.15) is 11.8 Å². The Labute approximate surface area is 235 Å². The van der Waals surface area contributed by atoms with Gasteiger partial charge in [0.15, 0.2) is 0 Å². The van der Waals surface area contributed by atoms with Crippen LogP contribution in [-0.4, -0.2) is 98.4 Å². The average molecular weight is 572 g/mol. The molecule has 1 saturated carbocycles. The van der Waals surface area contributed by atoms with E-state index in [2.05, 4.69) is 37.5 Å². The summed E-state index contributed by atoms with van der Waals surface area (Å²) in [5, 5.41) is 5.18. The van der Waals surface area contributed by atoms with Crippen molar-refractivity contribution in [1.82, 2.24) is 10.6 Å². The van der Waals surface area contributed by atoms with Crippen molar-refractivity contribution in [1.29, 1.82) is 0 Å². The fourth-order valence-electron chi connectivity index (χ4n) is 5.43. The number of methoxy groups -OCH3 is 1. The molecule has 11 nitrogen and oxygen atoms in total. The number of allylic oxidation sites excluding steroid dienone is 1. The Hall–Kier alpha value is -1.86. The Morgan fingerprint density at radius 2 is 2.00 bits per heavy atom. The molecule has 2 aliphatic heterocycles. The molecule has 4 N–H and O–H groups in total. The van der Waals surface area contributed by atoms with Gasteiger partial charge in [-0.3, -0.25) is 4.79 Å². The summed E-state index contributed by atoms with van der Waals surface area (Å²) in [6.07, 6.45) is 5.42. The van der Waals surface area contributed by atoms with Crippen molar-refractivity contribution < 1.29 is 38.1 Å². The van der Waals surface area contributed by atoms with Gasteiger partial charge in [0.05, 0.1) is 31.2 Å². The summed E-state index contributed by atoms with van der Waals surface area (Å²) in [7, 11) is 1.62. The van der Waals surface area contributed by atoms with E-state index in [4.69, 9.17) is 29.4 Å². The first kappa shape index (κ1) is 31.7. The summed E-state index contributed by atoms with van der Waals surface area (Å²) in [5.41, 5.74) is 6.35. The minimum Gasteiger partial charge on any atom is -0.462 e. The molecular weight excluding hydrogens is 526 g/mol. The quantitative estimate of drug-likeness (QED) is 0.122. The van der Waals surface area contributed by atoms with Gasteiger partial charge in [-0.1, -0.05) is 11.6 Å². The first-order chi connectivity index (χ1) is 18.5. The van der Waals surface area contributed by atoms with E-state index < -0.39 is 41.8 Å². The monoisotopic (exact) mass is 571 g/mol. The molecule has 3 fully saturated rings. The van der Waals surface area contributed by atoms with E-state index in [-0.39, 0.29) is 36.9 Å². The van der Waals surface area contributed by atoms with Gasteiger partial charge in [0.2, 0.25) is 5.91 Å². The molecule has 0 radical (unpaired) electrons. The van der Waals surface area contributed by atoms with Crippen molar-refractivity contribution in [2.45, 2.75) is 95.0 Å². The lowest BCUT2D eigenvalue weighted by atomic mass is 9.68. The molecule has 1 aliphatic carbocycles. The largest absolute Gasteiger partial charge is 0.462 e. The molecule has 3 rings (SSSR count). The molecule has 2 amide bonds. The van der Waals surface area contributed by atoms with Gasteiger partial charge in [-0.15, -0.1) is 0 Å². The number of ether oxygens (including phenoxy) is 5. The van der Waals surface area contributed by atoms with E-state index >= 15 is 0 Å². The van der Waals surface area contributed by atoms with E-state index in [1.54, 1.807) is 18.9 Å². The molecule has 0 aromatic heterocycles. The number of hydrogen-bond donors (Lipinski definition) is 3. The predicted octanol–water partition coefficient (Wildman–Crippen LogP) is 1.92. The molecule has 1 spiro atoms. The number of alkyl carbamates (subject to hydrolysis) is 1. The van der Waals surface area contributed by atoms with E-state index in [1.165, 1.54) is 12.5 Å². The van der Waals surface area contributed by atoms with Crippen LogP contribution in [0.25, 0.3) is 0 Å². The van der Waals surface area contributed by atoms with Crippen molar-refractivity contribution in [2.75, 3.05) is 38.9 Å². The number of nitrogens with one attached hydrogen (secondary N) is 2. The predicted molar refractivity (Wildman–Crippen MR) is 147 cm³/mol. The summed E-state index contributed by atoms with van der Waals surface area (Å²) in [6.45, 7) is 8.40. The number of amides is 2. The maximum Gasteiger partial charge on any atom is 0.407 e. The Bertz CT molecular complexity index is 909. The average Bonchev–Trinajstić information content (AvgIpc) is 3.81. The minimum absolute atomic E-state index is 0.0604. The topological polar surface area (TPSA) is 154 Å². The van der Waals surface area contributed by atoms with Gasteiger partial charge in [0.25, 0.3) is 0 Å². The number of hydrogen-bond acceptors (Lipinski definition) is 10. The highest BCUT2D eigenvalue weighted by Crippen LogP contribution is 2.59. The smallest absolute Gasteiger partial charge is 0.407 e. The molecule has 222 valence electrons. The molecular formula is C27H45N3O8S. The second-order valence-corrected chi connectivity index (χ2v) is 12.0. The van der Waals surface area contributed by atoms with Crippen molar-refractivity contribution in [3.8, 4) is 0 Å². The summed E-state index contributed by atoms with van der Waals surface area (Å²) in [4.78, 5) is 36.9. The number of rotatable bonds is 14. The fourth-order valence-corrected chi connectivity index (χ4v) is 5.92. The van der Waals surface area contributed by atoms with Crippen LogP contribution in [0, 0.1) is 5.92 Å². The lowest BCUT2D eigenvalue weighted by molar-refractivity contribution is -0.147. The molecule has 2 saturated heterocycles. The molecule has 8 atom stereocenters. The Balaban J connectivity index is 1.44. The van der Waals surface area contributed by atoms with Gasteiger partial charge < -0.3 is 40.1 Å². The lowest BCUT2D eigenvalue weighted by Crippen LogP contribution is -2.56. The van der Waals surface area contributed by atoms with Gasteiger partial charge in [0.1, 0.15) is 36.1 Å². The second-order valence-electron chi connectivity index (χ2n) is 11.0. The van der Waals surface area contributed by atoms with Crippen LogP contribution in [0.4, 0.5) is 4.79 Å². The maximum atomic E-state index is 12.6. The van der Waals surface area contributed by atoms with E-state index in [0.717, 1.165) is 18.6 Å². The number of carbonyl (C=O) groups is 3. The van der Waals surface area contributed by atoms with Gasteiger partial charge in [-0.25, -0.2) is 9.59 Å². The third-order valence-corrected chi connectivity index (χ3v) is 8.44. The van der Waals surface area contributed by atoms with Crippen LogP contribution in [0.5, 0.6) is 0 Å². The standard InChI is InChI=1S/C27H45N3O8S/c1-16(2)7-8-20-26(4,38-20)22-21(34-5)19(9-11-27(22)15-36-27)37-25(33)29-12-13-35-24(32)17(3)30-23(31)18(28)10-14-39-6/h7,17-22H,8-15,28H2,1-6H3,(H,29,33)(H,30,31). The highest BCUT2D eigenvalue weighted by atomic mass is 32.2. The van der Waals surface area contributed by atoms with Crippen LogP contribution in [0.15, 0.2) is 11.6 Å². The number of epoxide rings is 2. The number of thioether (sulfide) groups is 1. The molecule has 39 heavy (non-hydrogen) atoms. The minimum atomic E-state index is -0.852. The fraction of sp³-hybridized carbons (Fsp3) is 0.815. The van der Waals surface area contributed by atoms with Gasteiger partial charge in [-0.05, 0) is 65.4 Å². The summed E-state index contributed by atoms with van der Waals surface area (Å²) in [5.74, 6) is -0.329. The Kier molecular flexibility index (Phi) is 11.1. The maximum absolute atomic E-state index is 12.6. The molecule has 12 heteroatoms. The lowest BCUT2D eigenvalue weighted by Gasteiger charge is -2.42. The molecule has 0 aromatic carbocycles. The highest BCUT2D eigenvalue weighted by Gasteiger charge is 2.72. The SMILES string of the molecule is COC1C(OC(=O)NCCOC(=O)C(C)NC(=O)C(N)CCSC)CCC2(CO2)C1C1(C)OC1CC=C(C)C. The summed E-state index contributed by atoms with van der Waals surface area (Å²) < 4.78 is 28.9. The van der Waals surface area contributed by atoms with E-state index in [0.29, 0.717) is 19.4 Å². The zero-order chi connectivity index (χ0) is 28.8. The van der Waals surface area contributed by atoms with Crippen molar-refractivity contribution in [2.24, 2.45) is 11.7 Å². The summed E-state index contributed by atoms with van der Waals surface area (Å²) >= 11 is 1.59. The van der Waals surface area contributed by atoms with Crippen LogP contribution in [0.2, 0.25) is 0 Å². The highest BCUT2D eigenvalue weighted by molar-refractivity contribution is 7.98. The normalized spacial score (nSPS) is 32.5. The van der Waals surface area contributed by atoms with Crippen LogP contribution in [0.1, 0.15) is 53.4 Å². The Morgan fingerprint density at radius 3 is 2.62 bits per heavy atom. The molecule has 3 aliphatic rings. The van der Waals surface area contributed by atoms with Crippen LogP contribution in [-0.2, 0) is 33.3 Å². The third kappa shape index (κ3) is 8.09. The third-order valence-electron chi connectivity index (χ3n) is 7.79. The van der Waals surface area contributed by atoms with E-state index in [9.17, 15) is 14.4 Å². The van der Waals surface area contributed by atoms with Crippen LogP contribution < -0.4 is 16.4 Å². The van der Waals surface area contributed by atoms with Crippen LogP contribution in [0.3, 0.4) is 0 Å². The number of esters is 1. The number of nitrogens with two attached hydrogens (primary N) is 1. The molecule has 8 unspecified atom stereocenters. The number of carbonyl (C=O) groups excluding carboxylic acids is 3. The molecule has 0 aromatic rings. The van der Waals surface area contributed by atoms with Crippen LogP contribution >= 0.6 is 11.8 Å². The zero-order valence-corrected chi connectivity index (χ0v) is 24.8. The first-order valence-corrected chi connectivity index (χ1v) is 15.0. The van der Waals surface area contributed by atoms with Crippen molar-refractivity contribution in [3.05, 3.63) is 11.6 Å². The molecule has 2 heterocycles. The summed E-state index contributed by atoms with van der Waals surface area (Å²) in [6, 6.07) is -1.53. The second kappa shape index (κ2) is 13.7. The van der Waals surface area contributed by atoms with Crippen molar-refractivity contribution in [3.63, 3.8) is 0 Å². The first-order valence-electron chi connectivity index (χ1n) is 13.6. The van der Waals surface area contributed by atoms with E-state index in [1.807, 2.05) is 6.26 Å². The zero-order valence-electron chi connectivity index (χ0n) is 23.9. The van der Waals surface area contributed by atoms with Gasteiger partial charge in [0, 0.05) is 7.11 Å². The van der Waals surface area contributed by atoms with Gasteiger partial charge >= 0.3 is 12.1 Å². The Morgan fingerprint density at radius 1 is 1.28 bits per heavy atom.